The summed E-state index contributed by atoms with van der Waals surface area (Å²) < 4.78 is 11.3. The van der Waals surface area contributed by atoms with Gasteiger partial charge in [0, 0.05) is 36.4 Å². The van der Waals surface area contributed by atoms with E-state index in [1.165, 1.54) is 11.1 Å². The molecular formula is C30H36N2O3. The van der Waals surface area contributed by atoms with Gasteiger partial charge in [-0.1, -0.05) is 55.3 Å². The summed E-state index contributed by atoms with van der Waals surface area (Å²) in [6, 6.07) is 24.1. The molecule has 1 amide bonds. The van der Waals surface area contributed by atoms with Gasteiger partial charge in [0.25, 0.3) is 5.91 Å². The Labute approximate surface area is 209 Å². The van der Waals surface area contributed by atoms with Crippen LogP contribution < -0.4 is 14.4 Å². The number of hydrogen-bond acceptors (Lipinski definition) is 4. The largest absolute Gasteiger partial charge is 0.497 e. The van der Waals surface area contributed by atoms with Crippen molar-refractivity contribution in [1.82, 2.24) is 4.90 Å². The number of anilines is 1. The molecule has 0 aromatic heterocycles. The lowest BCUT2D eigenvalue weighted by molar-refractivity contribution is 0.0986. The van der Waals surface area contributed by atoms with Gasteiger partial charge in [0.2, 0.25) is 0 Å². The van der Waals surface area contributed by atoms with E-state index < -0.39 is 0 Å². The van der Waals surface area contributed by atoms with Gasteiger partial charge in [-0.25, -0.2) is 0 Å². The highest BCUT2D eigenvalue weighted by molar-refractivity contribution is 6.06. The Hall–Kier alpha value is -3.31. The molecule has 0 unspecified atom stereocenters. The van der Waals surface area contributed by atoms with Gasteiger partial charge in [-0.2, -0.15) is 0 Å². The minimum atomic E-state index is 0.0174. The van der Waals surface area contributed by atoms with Crippen LogP contribution in [0, 0.1) is 0 Å². The summed E-state index contributed by atoms with van der Waals surface area (Å²) in [5, 5.41) is 0. The Balaban J connectivity index is 1.65. The molecule has 1 aliphatic heterocycles. The van der Waals surface area contributed by atoms with Crippen molar-refractivity contribution in [2.75, 3.05) is 31.7 Å². The van der Waals surface area contributed by atoms with E-state index >= 15 is 0 Å². The smallest absolute Gasteiger partial charge is 0.258 e. The molecule has 0 atom stereocenters. The SMILES string of the molecule is CCOc1ccccc1CN1CCCCCCN(C(=O)c2cccc(OC)c2)c2ccccc2C1. The van der Waals surface area contributed by atoms with Crippen LogP contribution >= 0.6 is 0 Å². The first-order valence-electron chi connectivity index (χ1n) is 12.7. The zero-order valence-electron chi connectivity index (χ0n) is 20.9. The standard InChI is InChI=1S/C30H36N2O3/c1-3-35-29-18-9-7-14-26(29)23-31-19-10-4-5-11-20-32(28-17-8-6-13-25(28)22-31)30(33)24-15-12-16-27(21-24)34-2/h6-9,12-18,21H,3-5,10-11,19-20,22-23H2,1-2H3. The molecule has 4 rings (SSSR count). The third-order valence-corrected chi connectivity index (χ3v) is 6.51. The lowest BCUT2D eigenvalue weighted by Gasteiger charge is -2.28. The van der Waals surface area contributed by atoms with Crippen LogP contribution in [0.2, 0.25) is 0 Å². The topological polar surface area (TPSA) is 42.0 Å². The third kappa shape index (κ3) is 6.43. The van der Waals surface area contributed by atoms with Gasteiger partial charge in [0.15, 0.2) is 0 Å². The molecule has 1 heterocycles. The average molecular weight is 473 g/mol. The lowest BCUT2D eigenvalue weighted by Crippen LogP contribution is -2.33. The van der Waals surface area contributed by atoms with E-state index in [1.807, 2.05) is 54.3 Å². The number of nitrogens with zero attached hydrogens (tertiary/aromatic N) is 2. The summed E-state index contributed by atoms with van der Waals surface area (Å²) in [4.78, 5) is 18.2. The normalized spacial score (nSPS) is 15.1. The zero-order valence-corrected chi connectivity index (χ0v) is 20.9. The van der Waals surface area contributed by atoms with E-state index in [0.717, 1.165) is 56.8 Å². The number of carbonyl (C=O) groups excluding carboxylic acids is 1. The Morgan fingerprint density at radius 2 is 1.66 bits per heavy atom. The number of para-hydroxylation sites is 2. The maximum atomic E-state index is 13.7. The van der Waals surface area contributed by atoms with Crippen molar-refractivity contribution >= 4 is 11.6 Å². The van der Waals surface area contributed by atoms with Crippen molar-refractivity contribution in [2.24, 2.45) is 0 Å². The number of methoxy groups -OCH3 is 1. The van der Waals surface area contributed by atoms with E-state index in [9.17, 15) is 4.79 Å². The Kier molecular flexibility index (Phi) is 8.79. The summed E-state index contributed by atoms with van der Waals surface area (Å²) in [7, 11) is 1.63. The summed E-state index contributed by atoms with van der Waals surface area (Å²) >= 11 is 0. The maximum absolute atomic E-state index is 13.7. The van der Waals surface area contributed by atoms with Crippen molar-refractivity contribution in [1.29, 1.82) is 0 Å². The molecule has 3 aromatic carbocycles. The number of ether oxygens (including phenoxy) is 2. The summed E-state index contributed by atoms with van der Waals surface area (Å²) in [5.41, 5.74) is 4.01. The monoisotopic (exact) mass is 472 g/mol. The van der Waals surface area contributed by atoms with Crippen molar-refractivity contribution in [3.05, 3.63) is 89.5 Å². The number of amides is 1. The van der Waals surface area contributed by atoms with Crippen LogP contribution in [0.3, 0.4) is 0 Å². The first-order chi connectivity index (χ1) is 17.2. The number of benzene rings is 3. The third-order valence-electron chi connectivity index (χ3n) is 6.51. The highest BCUT2D eigenvalue weighted by Gasteiger charge is 2.22. The molecule has 0 fully saturated rings. The molecule has 0 N–H and O–H groups in total. The molecule has 35 heavy (non-hydrogen) atoms. The molecule has 1 aliphatic rings. The number of hydrogen-bond donors (Lipinski definition) is 0. The van der Waals surface area contributed by atoms with E-state index in [0.29, 0.717) is 24.5 Å². The Morgan fingerprint density at radius 3 is 2.49 bits per heavy atom. The van der Waals surface area contributed by atoms with E-state index in [4.69, 9.17) is 9.47 Å². The average Bonchev–Trinajstić information content (AvgIpc) is 2.93. The molecular weight excluding hydrogens is 436 g/mol. The molecule has 0 radical (unpaired) electrons. The fourth-order valence-electron chi connectivity index (χ4n) is 4.74. The quantitative estimate of drug-likeness (QED) is 0.421. The van der Waals surface area contributed by atoms with Gasteiger partial charge >= 0.3 is 0 Å². The number of carbonyl (C=O) groups is 1. The molecule has 184 valence electrons. The van der Waals surface area contributed by atoms with Gasteiger partial charge in [-0.15, -0.1) is 0 Å². The molecule has 3 aromatic rings. The highest BCUT2D eigenvalue weighted by atomic mass is 16.5. The fraction of sp³-hybridized carbons (Fsp3) is 0.367. The van der Waals surface area contributed by atoms with Crippen LogP contribution in [-0.4, -0.2) is 37.6 Å². The van der Waals surface area contributed by atoms with Crippen LogP contribution in [0.25, 0.3) is 0 Å². The second-order valence-electron chi connectivity index (χ2n) is 8.98. The van der Waals surface area contributed by atoms with Crippen molar-refractivity contribution < 1.29 is 14.3 Å². The molecule has 5 heteroatoms. The summed E-state index contributed by atoms with van der Waals surface area (Å²) in [5.74, 6) is 1.66. The van der Waals surface area contributed by atoms with Gasteiger partial charge in [-0.05, 0) is 62.2 Å². The van der Waals surface area contributed by atoms with Crippen molar-refractivity contribution in [3.8, 4) is 11.5 Å². The van der Waals surface area contributed by atoms with Gasteiger partial charge in [-0.3, -0.25) is 9.69 Å². The van der Waals surface area contributed by atoms with Crippen molar-refractivity contribution in [3.63, 3.8) is 0 Å². The minimum Gasteiger partial charge on any atom is -0.497 e. The van der Waals surface area contributed by atoms with E-state index in [-0.39, 0.29) is 5.91 Å². The molecule has 0 aliphatic carbocycles. The second-order valence-corrected chi connectivity index (χ2v) is 8.98. The lowest BCUT2D eigenvalue weighted by atomic mass is 10.1. The minimum absolute atomic E-state index is 0.0174. The van der Waals surface area contributed by atoms with Crippen LogP contribution in [-0.2, 0) is 13.1 Å². The Morgan fingerprint density at radius 1 is 0.886 bits per heavy atom. The molecule has 5 nitrogen and oxygen atoms in total. The van der Waals surface area contributed by atoms with Gasteiger partial charge < -0.3 is 14.4 Å². The maximum Gasteiger partial charge on any atom is 0.258 e. The summed E-state index contributed by atoms with van der Waals surface area (Å²) in [6.07, 6.45) is 4.38. The molecule has 0 spiro atoms. The van der Waals surface area contributed by atoms with Gasteiger partial charge in [0.05, 0.1) is 13.7 Å². The van der Waals surface area contributed by atoms with Crippen LogP contribution in [0.15, 0.2) is 72.8 Å². The first-order valence-corrected chi connectivity index (χ1v) is 12.7. The molecule has 0 saturated carbocycles. The van der Waals surface area contributed by atoms with E-state index in [2.05, 4.69) is 35.2 Å². The van der Waals surface area contributed by atoms with Crippen LogP contribution in [0.1, 0.15) is 54.1 Å². The predicted octanol–water partition coefficient (Wildman–Crippen LogP) is 6.32. The molecule has 0 bridgehead atoms. The number of fused-ring (bicyclic) bond motifs is 1. The van der Waals surface area contributed by atoms with Gasteiger partial charge in [0.1, 0.15) is 11.5 Å². The zero-order chi connectivity index (χ0) is 24.5. The van der Waals surface area contributed by atoms with Crippen molar-refractivity contribution in [2.45, 2.75) is 45.7 Å². The Bertz CT molecular complexity index is 1110. The fourth-order valence-corrected chi connectivity index (χ4v) is 4.74. The highest BCUT2D eigenvalue weighted by Crippen LogP contribution is 2.28. The van der Waals surface area contributed by atoms with Crippen LogP contribution in [0.4, 0.5) is 5.69 Å². The second kappa shape index (κ2) is 12.4. The summed E-state index contributed by atoms with van der Waals surface area (Å²) in [6.45, 7) is 5.99. The first kappa shape index (κ1) is 24.8. The van der Waals surface area contributed by atoms with Crippen LogP contribution in [0.5, 0.6) is 11.5 Å². The number of rotatable bonds is 6. The van der Waals surface area contributed by atoms with E-state index in [1.54, 1.807) is 7.11 Å². The molecule has 0 saturated heterocycles. The predicted molar refractivity (Wildman–Crippen MR) is 141 cm³/mol.